The number of phenols is 1. The van der Waals surface area contributed by atoms with Gasteiger partial charge < -0.3 is 24.8 Å². The number of nitrogens with zero attached hydrogens (tertiary/aromatic N) is 1. The molecule has 5 rings (SSSR count). The lowest BCUT2D eigenvalue weighted by Crippen LogP contribution is -2.31. The number of fused-ring (bicyclic) bond motifs is 1. The van der Waals surface area contributed by atoms with E-state index in [0.29, 0.717) is 29.9 Å². The smallest absolute Gasteiger partial charge is 0.295 e. The maximum Gasteiger partial charge on any atom is 0.295 e. The molecule has 0 bridgehead atoms. The summed E-state index contributed by atoms with van der Waals surface area (Å²) in [6, 6.07) is 20.2. The van der Waals surface area contributed by atoms with E-state index in [0.717, 1.165) is 16.5 Å². The minimum Gasteiger partial charge on any atom is -0.508 e. The zero-order chi connectivity index (χ0) is 25.2. The summed E-state index contributed by atoms with van der Waals surface area (Å²) in [5.41, 5.74) is 3.05. The third-order valence-electron chi connectivity index (χ3n) is 6.46. The van der Waals surface area contributed by atoms with Crippen molar-refractivity contribution in [2.75, 3.05) is 13.2 Å². The molecule has 0 aliphatic carbocycles. The Kier molecular flexibility index (Phi) is 6.21. The Hall–Kier alpha value is -4.52. The molecule has 182 valence electrons. The number of aromatic amines is 1. The SMILES string of the molecule is CCOc1cccc(/C(O)=C2\C(=O)C(=O)N(CCc3c[nH]c4ccccc34)C2c2ccc(O)cc2)c1. The molecule has 7 heteroatoms. The van der Waals surface area contributed by atoms with E-state index in [9.17, 15) is 19.8 Å². The Bertz CT molecular complexity index is 1470. The van der Waals surface area contributed by atoms with Gasteiger partial charge >= 0.3 is 0 Å². The van der Waals surface area contributed by atoms with Crippen molar-refractivity contribution in [2.24, 2.45) is 0 Å². The predicted molar refractivity (Wildman–Crippen MR) is 137 cm³/mol. The van der Waals surface area contributed by atoms with Gasteiger partial charge in [-0.25, -0.2) is 0 Å². The largest absolute Gasteiger partial charge is 0.508 e. The van der Waals surface area contributed by atoms with Crippen molar-refractivity contribution in [3.05, 3.63) is 101 Å². The zero-order valence-electron chi connectivity index (χ0n) is 19.8. The van der Waals surface area contributed by atoms with Crippen molar-refractivity contribution in [1.82, 2.24) is 9.88 Å². The normalized spacial score (nSPS) is 17.1. The topological polar surface area (TPSA) is 103 Å². The van der Waals surface area contributed by atoms with Gasteiger partial charge in [0.05, 0.1) is 18.2 Å². The molecular weight excluding hydrogens is 456 g/mol. The Balaban J connectivity index is 1.56. The van der Waals surface area contributed by atoms with E-state index in [-0.39, 0.29) is 23.6 Å². The first-order chi connectivity index (χ1) is 17.5. The van der Waals surface area contributed by atoms with Crippen LogP contribution < -0.4 is 4.74 Å². The molecule has 3 aromatic carbocycles. The first-order valence-electron chi connectivity index (χ1n) is 11.8. The zero-order valence-corrected chi connectivity index (χ0v) is 19.8. The first-order valence-corrected chi connectivity index (χ1v) is 11.8. The Morgan fingerprint density at radius 2 is 1.81 bits per heavy atom. The molecule has 0 radical (unpaired) electrons. The molecule has 0 spiro atoms. The number of phenolic OH excluding ortho intramolecular Hbond substituents is 1. The van der Waals surface area contributed by atoms with Gasteiger partial charge in [-0.05, 0) is 54.8 Å². The monoisotopic (exact) mass is 482 g/mol. The van der Waals surface area contributed by atoms with Gasteiger partial charge in [-0.15, -0.1) is 0 Å². The van der Waals surface area contributed by atoms with Crippen molar-refractivity contribution in [3.63, 3.8) is 0 Å². The minimum atomic E-state index is -0.799. The number of carbonyl (C=O) groups is 2. The number of nitrogens with one attached hydrogen (secondary N) is 1. The maximum atomic E-state index is 13.3. The number of hydrogen-bond donors (Lipinski definition) is 3. The summed E-state index contributed by atoms with van der Waals surface area (Å²) >= 11 is 0. The van der Waals surface area contributed by atoms with E-state index < -0.39 is 17.7 Å². The van der Waals surface area contributed by atoms with Crippen LogP contribution in [0.2, 0.25) is 0 Å². The fourth-order valence-electron chi connectivity index (χ4n) is 4.75. The Morgan fingerprint density at radius 3 is 2.58 bits per heavy atom. The highest BCUT2D eigenvalue weighted by Crippen LogP contribution is 2.40. The van der Waals surface area contributed by atoms with Gasteiger partial charge in [0.25, 0.3) is 11.7 Å². The lowest BCUT2D eigenvalue weighted by Gasteiger charge is -2.25. The second kappa shape index (κ2) is 9.62. The van der Waals surface area contributed by atoms with Crippen molar-refractivity contribution < 1.29 is 24.5 Å². The van der Waals surface area contributed by atoms with Crippen LogP contribution in [-0.2, 0) is 16.0 Å². The van der Waals surface area contributed by atoms with Crippen molar-refractivity contribution >= 4 is 28.4 Å². The number of rotatable bonds is 7. The Labute approximate surface area is 208 Å². The molecule has 2 heterocycles. The molecule has 1 unspecified atom stereocenters. The third-order valence-corrected chi connectivity index (χ3v) is 6.46. The fraction of sp³-hybridized carbons (Fsp3) is 0.172. The summed E-state index contributed by atoms with van der Waals surface area (Å²) < 4.78 is 5.54. The standard InChI is InChI=1S/C29H26N2O5/c1-2-36-22-7-5-6-19(16-22)27(33)25-26(18-10-12-21(32)13-11-18)31(29(35)28(25)34)15-14-20-17-30-24-9-4-3-8-23(20)24/h3-13,16-17,26,30,32-33H,2,14-15H2,1H3/b27-25+. The van der Waals surface area contributed by atoms with Crippen LogP contribution in [0.3, 0.4) is 0 Å². The number of benzene rings is 3. The van der Waals surface area contributed by atoms with E-state index in [1.807, 2.05) is 37.4 Å². The number of amides is 1. The fourth-order valence-corrected chi connectivity index (χ4v) is 4.75. The van der Waals surface area contributed by atoms with Crippen LogP contribution in [0.1, 0.15) is 29.7 Å². The maximum absolute atomic E-state index is 13.3. The number of H-pyrrole nitrogens is 1. The van der Waals surface area contributed by atoms with Crippen LogP contribution in [0, 0.1) is 0 Å². The molecule has 36 heavy (non-hydrogen) atoms. The highest BCUT2D eigenvalue weighted by atomic mass is 16.5. The van der Waals surface area contributed by atoms with E-state index in [2.05, 4.69) is 4.98 Å². The van der Waals surface area contributed by atoms with Crippen LogP contribution in [0.15, 0.2) is 84.6 Å². The molecule has 1 aliphatic rings. The predicted octanol–water partition coefficient (Wildman–Crippen LogP) is 4.94. The van der Waals surface area contributed by atoms with Crippen molar-refractivity contribution in [3.8, 4) is 11.5 Å². The molecule has 0 saturated carbocycles. The molecule has 7 nitrogen and oxygen atoms in total. The number of likely N-dealkylation sites (tertiary alicyclic amines) is 1. The summed E-state index contributed by atoms with van der Waals surface area (Å²) in [5, 5.41) is 22.1. The summed E-state index contributed by atoms with van der Waals surface area (Å²) in [6.45, 7) is 2.58. The second-order valence-corrected chi connectivity index (χ2v) is 8.65. The molecular formula is C29H26N2O5. The number of aromatic nitrogens is 1. The number of carbonyl (C=O) groups excluding carboxylic acids is 2. The molecule has 1 aliphatic heterocycles. The third kappa shape index (κ3) is 4.20. The van der Waals surface area contributed by atoms with Gasteiger partial charge in [-0.2, -0.15) is 0 Å². The van der Waals surface area contributed by atoms with Crippen LogP contribution in [0.5, 0.6) is 11.5 Å². The number of aromatic hydroxyl groups is 1. The lowest BCUT2D eigenvalue weighted by molar-refractivity contribution is -0.139. The molecule has 1 atom stereocenters. The number of aliphatic hydroxyl groups is 1. The number of Topliss-reactive ketones (excluding diaryl/α,β-unsaturated/α-hetero) is 1. The summed E-state index contributed by atoms with van der Waals surface area (Å²) in [7, 11) is 0. The highest BCUT2D eigenvalue weighted by Gasteiger charge is 2.45. The van der Waals surface area contributed by atoms with Crippen LogP contribution in [0.4, 0.5) is 0 Å². The summed E-state index contributed by atoms with van der Waals surface area (Å²) in [4.78, 5) is 31.2. The quantitative estimate of drug-likeness (QED) is 0.197. The van der Waals surface area contributed by atoms with Crippen LogP contribution in [0.25, 0.3) is 16.7 Å². The number of aliphatic hydroxyl groups excluding tert-OH is 1. The van der Waals surface area contributed by atoms with Gasteiger partial charge in [-0.1, -0.05) is 42.5 Å². The lowest BCUT2D eigenvalue weighted by atomic mass is 9.95. The van der Waals surface area contributed by atoms with E-state index in [4.69, 9.17) is 4.74 Å². The molecule has 4 aromatic rings. The van der Waals surface area contributed by atoms with Crippen molar-refractivity contribution in [1.29, 1.82) is 0 Å². The summed E-state index contributed by atoms with van der Waals surface area (Å²) in [5.74, 6) is -1.06. The highest BCUT2D eigenvalue weighted by molar-refractivity contribution is 6.46. The minimum absolute atomic E-state index is 0.0123. The first kappa shape index (κ1) is 23.2. The average Bonchev–Trinajstić information content (AvgIpc) is 3.41. The molecule has 3 N–H and O–H groups in total. The Morgan fingerprint density at radius 1 is 1.03 bits per heavy atom. The van der Waals surface area contributed by atoms with Gasteiger partial charge in [-0.3, -0.25) is 9.59 Å². The summed E-state index contributed by atoms with van der Waals surface area (Å²) in [6.07, 6.45) is 2.43. The van der Waals surface area contributed by atoms with Gasteiger partial charge in [0.2, 0.25) is 0 Å². The van der Waals surface area contributed by atoms with Gasteiger partial charge in [0, 0.05) is 29.2 Å². The van der Waals surface area contributed by atoms with Gasteiger partial charge in [0.1, 0.15) is 17.3 Å². The number of ketones is 1. The van der Waals surface area contributed by atoms with Crippen LogP contribution >= 0.6 is 0 Å². The number of para-hydroxylation sites is 1. The van der Waals surface area contributed by atoms with E-state index >= 15 is 0 Å². The van der Waals surface area contributed by atoms with E-state index in [1.165, 1.54) is 17.0 Å². The molecule has 1 saturated heterocycles. The number of ether oxygens (including phenoxy) is 1. The molecule has 1 aromatic heterocycles. The number of hydrogen-bond acceptors (Lipinski definition) is 5. The van der Waals surface area contributed by atoms with Crippen molar-refractivity contribution in [2.45, 2.75) is 19.4 Å². The molecule has 1 fully saturated rings. The van der Waals surface area contributed by atoms with E-state index in [1.54, 1.807) is 36.4 Å². The average molecular weight is 483 g/mol. The van der Waals surface area contributed by atoms with Gasteiger partial charge in [0.15, 0.2) is 0 Å². The molecule has 1 amide bonds. The van der Waals surface area contributed by atoms with Crippen LogP contribution in [-0.4, -0.2) is 44.9 Å². The second-order valence-electron chi connectivity index (χ2n) is 8.65.